The number of carbonyl (C=O) groups is 1. The zero-order valence-electron chi connectivity index (χ0n) is 23.7. The van der Waals surface area contributed by atoms with Gasteiger partial charge in [0.25, 0.3) is 0 Å². The Bertz CT molecular complexity index is 1630. The summed E-state index contributed by atoms with van der Waals surface area (Å²) in [5.41, 5.74) is 3.54. The van der Waals surface area contributed by atoms with Gasteiger partial charge in [-0.15, -0.1) is 0 Å². The third-order valence-electron chi connectivity index (χ3n) is 7.10. The second-order valence-electron chi connectivity index (χ2n) is 10.1. The lowest BCUT2D eigenvalue weighted by atomic mass is 10.0. The third kappa shape index (κ3) is 7.71. The summed E-state index contributed by atoms with van der Waals surface area (Å²) >= 11 is 0. The molecule has 0 saturated carbocycles. The summed E-state index contributed by atoms with van der Waals surface area (Å²) in [5, 5.41) is 20.3. The van der Waals surface area contributed by atoms with Gasteiger partial charge < -0.3 is 9.84 Å². The lowest BCUT2D eigenvalue weighted by molar-refractivity contribution is 0.0526. The average Bonchev–Trinajstić information content (AvgIpc) is 3.01. The smallest absolute Gasteiger partial charge is 0.338 e. The zero-order valence-corrected chi connectivity index (χ0v) is 24.5. The number of aliphatic hydroxyl groups is 1. The van der Waals surface area contributed by atoms with Crippen LogP contribution in [0.3, 0.4) is 0 Å². The second-order valence-corrected chi connectivity index (χ2v) is 12.1. The molecule has 216 valence electrons. The van der Waals surface area contributed by atoms with Crippen molar-refractivity contribution in [3.05, 3.63) is 131 Å². The molecule has 0 aliphatic rings. The van der Waals surface area contributed by atoms with E-state index in [1.165, 1.54) is 24.3 Å². The van der Waals surface area contributed by atoms with Crippen LogP contribution in [0, 0.1) is 11.3 Å². The Morgan fingerprint density at radius 1 is 0.905 bits per heavy atom. The van der Waals surface area contributed by atoms with E-state index in [1.54, 1.807) is 37.3 Å². The minimum absolute atomic E-state index is 0.0110. The Morgan fingerprint density at radius 3 is 2.17 bits per heavy atom. The molecule has 4 rings (SSSR count). The van der Waals surface area contributed by atoms with Gasteiger partial charge in [-0.1, -0.05) is 54.6 Å². The molecule has 0 aliphatic heterocycles. The highest BCUT2D eigenvalue weighted by Gasteiger charge is 2.22. The Balaban J connectivity index is 1.49. The predicted molar refractivity (Wildman–Crippen MR) is 160 cm³/mol. The van der Waals surface area contributed by atoms with Crippen LogP contribution in [0.1, 0.15) is 52.6 Å². The first-order chi connectivity index (χ1) is 20.2. The van der Waals surface area contributed by atoms with Gasteiger partial charge >= 0.3 is 5.97 Å². The summed E-state index contributed by atoms with van der Waals surface area (Å²) in [5.74, 6) is -0.496. The molecule has 1 N–H and O–H groups in total. The van der Waals surface area contributed by atoms with Crippen LogP contribution in [0.4, 0.5) is 0 Å². The predicted octanol–water partition coefficient (Wildman–Crippen LogP) is 5.73. The molecule has 0 amide bonds. The largest absolute Gasteiger partial charge is 0.462 e. The van der Waals surface area contributed by atoms with Crippen molar-refractivity contribution in [1.29, 1.82) is 5.26 Å². The van der Waals surface area contributed by atoms with Gasteiger partial charge in [0.2, 0.25) is 9.84 Å². The maximum absolute atomic E-state index is 13.2. The molecule has 0 spiro atoms. The van der Waals surface area contributed by atoms with E-state index in [1.807, 2.05) is 48.5 Å². The van der Waals surface area contributed by atoms with Gasteiger partial charge in [0.15, 0.2) is 0 Å². The van der Waals surface area contributed by atoms with Crippen LogP contribution >= 0.6 is 0 Å². The topological polar surface area (TPSA) is 108 Å². The molecule has 4 aromatic carbocycles. The molecular weight excluding hydrogens is 548 g/mol. The number of nitrogens with zero attached hydrogens (tertiary/aromatic N) is 2. The summed E-state index contributed by atoms with van der Waals surface area (Å²) in [7, 11) is -3.77. The molecular formula is C34H34N2O5S. The van der Waals surface area contributed by atoms with Gasteiger partial charge in [0, 0.05) is 19.1 Å². The molecule has 7 nitrogen and oxygen atoms in total. The van der Waals surface area contributed by atoms with E-state index in [4.69, 9.17) is 4.74 Å². The van der Waals surface area contributed by atoms with Gasteiger partial charge in [-0.3, -0.25) is 4.90 Å². The highest BCUT2D eigenvalue weighted by atomic mass is 32.2. The lowest BCUT2D eigenvalue weighted by Gasteiger charge is -2.31. The van der Waals surface area contributed by atoms with Gasteiger partial charge in [0.1, 0.15) is 0 Å². The van der Waals surface area contributed by atoms with Crippen LogP contribution in [0.2, 0.25) is 0 Å². The molecule has 0 saturated heterocycles. The monoisotopic (exact) mass is 582 g/mol. The maximum atomic E-state index is 13.2. The minimum atomic E-state index is -3.77. The molecule has 2 atom stereocenters. The van der Waals surface area contributed by atoms with Crippen molar-refractivity contribution < 1.29 is 23.1 Å². The standard InChI is InChI=1S/C34H34N2O5S/c1-3-41-34(38)29-14-18-32(19-15-29)42(39,40)31-16-12-26(13-17-31)20-25(2)36(23-27-8-5-4-6-9-27)24-33(37)30-11-7-10-28(21-30)22-35/h4-19,21,25,33,37H,3,20,23-24H2,1-2H3. The highest BCUT2D eigenvalue weighted by molar-refractivity contribution is 7.91. The molecule has 2 unspecified atom stereocenters. The molecule has 0 aromatic heterocycles. The van der Waals surface area contributed by atoms with Crippen molar-refractivity contribution in [3.63, 3.8) is 0 Å². The Morgan fingerprint density at radius 2 is 1.55 bits per heavy atom. The molecule has 0 radical (unpaired) electrons. The van der Waals surface area contributed by atoms with Crippen LogP contribution in [0.25, 0.3) is 0 Å². The normalized spacial score (nSPS) is 12.8. The van der Waals surface area contributed by atoms with E-state index < -0.39 is 21.9 Å². The van der Waals surface area contributed by atoms with Crippen LogP contribution in [-0.2, 0) is 27.5 Å². The Labute approximate surface area is 247 Å². The number of sulfone groups is 1. The first-order valence-electron chi connectivity index (χ1n) is 13.8. The Hall–Kier alpha value is -4.29. The number of esters is 1. The number of ether oxygens (including phenoxy) is 1. The van der Waals surface area contributed by atoms with Crippen molar-refractivity contribution >= 4 is 15.8 Å². The van der Waals surface area contributed by atoms with Gasteiger partial charge in [-0.2, -0.15) is 5.26 Å². The van der Waals surface area contributed by atoms with E-state index >= 15 is 0 Å². The molecule has 0 fully saturated rings. The van der Waals surface area contributed by atoms with Gasteiger partial charge in [0.05, 0.1) is 39.7 Å². The number of benzene rings is 4. The highest BCUT2D eigenvalue weighted by Crippen LogP contribution is 2.24. The lowest BCUT2D eigenvalue weighted by Crippen LogP contribution is -2.37. The quantitative estimate of drug-likeness (QED) is 0.212. The fraction of sp³-hybridized carbons (Fsp3) is 0.235. The molecule has 4 aromatic rings. The zero-order chi connectivity index (χ0) is 30.1. The number of rotatable bonds is 12. The van der Waals surface area contributed by atoms with Crippen molar-refractivity contribution in [2.75, 3.05) is 13.2 Å². The van der Waals surface area contributed by atoms with Crippen molar-refractivity contribution in [1.82, 2.24) is 4.90 Å². The number of hydrogen-bond donors (Lipinski definition) is 1. The molecule has 42 heavy (non-hydrogen) atoms. The van der Waals surface area contributed by atoms with Crippen LogP contribution in [0.5, 0.6) is 0 Å². The van der Waals surface area contributed by atoms with E-state index in [9.17, 15) is 23.6 Å². The van der Waals surface area contributed by atoms with E-state index in [0.717, 1.165) is 11.1 Å². The maximum Gasteiger partial charge on any atom is 0.338 e. The van der Waals surface area contributed by atoms with Crippen molar-refractivity contribution in [3.8, 4) is 6.07 Å². The van der Waals surface area contributed by atoms with Gasteiger partial charge in [-0.25, -0.2) is 13.2 Å². The molecule has 8 heteroatoms. The third-order valence-corrected chi connectivity index (χ3v) is 8.89. The van der Waals surface area contributed by atoms with E-state index in [0.29, 0.717) is 36.2 Å². The first kappa shape index (κ1) is 30.7. The second kappa shape index (κ2) is 14.1. The van der Waals surface area contributed by atoms with Crippen LogP contribution in [-0.4, -0.2) is 43.6 Å². The summed E-state index contributed by atoms with van der Waals surface area (Å²) in [6.07, 6.45) is -0.154. The average molecular weight is 583 g/mol. The number of hydrogen-bond acceptors (Lipinski definition) is 7. The van der Waals surface area contributed by atoms with E-state index in [-0.39, 0.29) is 22.4 Å². The molecule has 0 bridgehead atoms. The van der Waals surface area contributed by atoms with Crippen molar-refractivity contribution in [2.24, 2.45) is 0 Å². The van der Waals surface area contributed by atoms with Gasteiger partial charge in [-0.05, 0) is 85.5 Å². The number of aliphatic hydroxyl groups excluding tert-OH is 1. The minimum Gasteiger partial charge on any atom is -0.462 e. The first-order valence-corrected chi connectivity index (χ1v) is 15.3. The summed E-state index contributed by atoms with van der Waals surface area (Å²) < 4.78 is 31.4. The van der Waals surface area contributed by atoms with Crippen molar-refractivity contribution in [2.45, 2.75) is 48.7 Å². The molecule has 0 heterocycles. The summed E-state index contributed by atoms with van der Waals surface area (Å²) in [6, 6.07) is 31.7. The molecule has 0 aliphatic carbocycles. The fourth-order valence-corrected chi connectivity index (χ4v) is 6.02. The van der Waals surface area contributed by atoms with Crippen LogP contribution < -0.4 is 0 Å². The van der Waals surface area contributed by atoms with Crippen LogP contribution in [0.15, 0.2) is 113 Å². The van der Waals surface area contributed by atoms with E-state index in [2.05, 4.69) is 17.9 Å². The summed E-state index contributed by atoms with van der Waals surface area (Å²) in [4.78, 5) is 14.4. The fourth-order valence-electron chi connectivity index (χ4n) is 4.76. The number of nitriles is 1. The Kier molecular flexibility index (Phi) is 10.3. The summed E-state index contributed by atoms with van der Waals surface area (Å²) in [6.45, 7) is 5.01. The SMILES string of the molecule is CCOC(=O)c1ccc(S(=O)(=O)c2ccc(CC(C)N(Cc3ccccc3)CC(O)c3cccc(C#N)c3)cc2)cc1. The number of carbonyl (C=O) groups excluding carboxylic acids is 1.